The summed E-state index contributed by atoms with van der Waals surface area (Å²) >= 11 is 0. The normalized spacial score (nSPS) is 31.8. The molecular weight excluding hydrogens is 163 g/mol. The van der Waals surface area contributed by atoms with Crippen molar-refractivity contribution in [2.24, 2.45) is 5.41 Å². The van der Waals surface area contributed by atoms with Crippen LogP contribution in [-0.2, 0) is 0 Å². The van der Waals surface area contributed by atoms with Gasteiger partial charge in [0.05, 0.1) is 0 Å². The van der Waals surface area contributed by atoms with Crippen molar-refractivity contribution in [1.82, 2.24) is 0 Å². The van der Waals surface area contributed by atoms with E-state index in [2.05, 4.69) is 32.1 Å². The summed E-state index contributed by atoms with van der Waals surface area (Å²) in [6.45, 7) is 4.14. The van der Waals surface area contributed by atoms with Crippen LogP contribution in [0.25, 0.3) is 0 Å². The summed E-state index contributed by atoms with van der Waals surface area (Å²) in [5.74, 6) is -0.0242. The lowest BCUT2D eigenvalue weighted by Gasteiger charge is -2.32. The molecule has 0 fully saturated rings. The molecule has 1 heteroatoms. The van der Waals surface area contributed by atoms with Crippen molar-refractivity contribution < 1.29 is 4.39 Å². The number of halogens is 1. The van der Waals surface area contributed by atoms with Crippen LogP contribution in [0.2, 0.25) is 0 Å². The average Bonchev–Trinajstić information content (AvgIpc) is 2.06. The Morgan fingerprint density at radius 1 is 1.38 bits per heavy atom. The first-order chi connectivity index (χ1) is 6.10. The maximum Gasteiger partial charge on any atom is 0.101 e. The second kappa shape index (κ2) is 2.69. The highest BCUT2D eigenvalue weighted by Gasteiger charge is 2.30. The summed E-state index contributed by atoms with van der Waals surface area (Å²) < 4.78 is 13.1. The molecule has 0 aromatic rings. The van der Waals surface area contributed by atoms with Gasteiger partial charge in [-0.15, -0.1) is 0 Å². The van der Waals surface area contributed by atoms with Gasteiger partial charge in [-0.3, -0.25) is 0 Å². The molecule has 0 aromatic carbocycles. The fourth-order valence-corrected chi connectivity index (χ4v) is 1.86. The maximum absolute atomic E-state index is 13.1. The van der Waals surface area contributed by atoms with E-state index >= 15 is 0 Å². The van der Waals surface area contributed by atoms with Crippen LogP contribution >= 0.6 is 0 Å². The maximum atomic E-state index is 13.1. The molecule has 0 aromatic heterocycles. The highest BCUT2D eigenvalue weighted by molar-refractivity contribution is 5.46. The first-order valence-corrected chi connectivity index (χ1v) is 4.54. The Morgan fingerprint density at radius 2 is 2.15 bits per heavy atom. The van der Waals surface area contributed by atoms with Crippen molar-refractivity contribution in [3.05, 3.63) is 47.4 Å². The Kier molecular flexibility index (Phi) is 1.76. The molecule has 68 valence electrons. The Morgan fingerprint density at radius 3 is 2.92 bits per heavy atom. The largest absolute Gasteiger partial charge is 0.212 e. The van der Waals surface area contributed by atoms with E-state index in [1.165, 1.54) is 11.1 Å². The third kappa shape index (κ3) is 1.39. The van der Waals surface area contributed by atoms with Crippen LogP contribution in [0.15, 0.2) is 47.4 Å². The van der Waals surface area contributed by atoms with Crippen LogP contribution in [0.1, 0.15) is 20.3 Å². The number of hydrogen-bond acceptors (Lipinski definition) is 0. The van der Waals surface area contributed by atoms with Gasteiger partial charge in [0.1, 0.15) is 5.83 Å². The predicted octanol–water partition coefficient (Wildman–Crippen LogP) is 3.69. The highest BCUT2D eigenvalue weighted by Crippen LogP contribution is 2.42. The molecule has 0 nitrogen and oxygen atoms in total. The van der Waals surface area contributed by atoms with E-state index in [0.29, 0.717) is 6.42 Å². The SMILES string of the molecule is CC1=CC2=CC=C(F)CC2(C)C=C1. The fraction of sp³-hybridized carbons (Fsp3) is 0.333. The lowest BCUT2D eigenvalue weighted by molar-refractivity contribution is 0.439. The van der Waals surface area contributed by atoms with Crippen molar-refractivity contribution in [2.75, 3.05) is 0 Å². The van der Waals surface area contributed by atoms with Crippen molar-refractivity contribution in [2.45, 2.75) is 20.3 Å². The second-order valence-electron chi connectivity index (χ2n) is 4.05. The molecule has 1 atom stereocenters. The lowest BCUT2D eigenvalue weighted by atomic mass is 9.73. The predicted molar refractivity (Wildman–Crippen MR) is 52.9 cm³/mol. The number of hydrogen-bond donors (Lipinski definition) is 0. The van der Waals surface area contributed by atoms with Gasteiger partial charge in [0.25, 0.3) is 0 Å². The van der Waals surface area contributed by atoms with Gasteiger partial charge in [-0.2, -0.15) is 0 Å². The van der Waals surface area contributed by atoms with Gasteiger partial charge in [-0.05, 0) is 18.6 Å². The summed E-state index contributed by atoms with van der Waals surface area (Å²) in [6, 6.07) is 0. The van der Waals surface area contributed by atoms with Crippen molar-refractivity contribution in [3.63, 3.8) is 0 Å². The zero-order chi connectivity index (χ0) is 9.47. The summed E-state index contributed by atoms with van der Waals surface area (Å²) in [7, 11) is 0. The first-order valence-electron chi connectivity index (χ1n) is 4.54. The monoisotopic (exact) mass is 176 g/mol. The minimum atomic E-state index is -0.113. The van der Waals surface area contributed by atoms with Crippen LogP contribution in [0.5, 0.6) is 0 Å². The molecule has 2 rings (SSSR count). The zero-order valence-corrected chi connectivity index (χ0v) is 7.97. The molecule has 1 unspecified atom stereocenters. The molecule has 0 saturated carbocycles. The van der Waals surface area contributed by atoms with Gasteiger partial charge in [-0.1, -0.05) is 36.8 Å². The van der Waals surface area contributed by atoms with Crippen LogP contribution < -0.4 is 0 Å². The Balaban J connectivity index is 2.46. The minimum absolute atomic E-state index is 0.0242. The van der Waals surface area contributed by atoms with Crippen molar-refractivity contribution >= 4 is 0 Å². The van der Waals surface area contributed by atoms with Gasteiger partial charge in [0.15, 0.2) is 0 Å². The number of fused-ring (bicyclic) bond motifs is 1. The number of rotatable bonds is 0. The number of allylic oxidation sites excluding steroid dienone is 8. The van der Waals surface area contributed by atoms with Crippen LogP contribution in [-0.4, -0.2) is 0 Å². The van der Waals surface area contributed by atoms with E-state index in [1.54, 1.807) is 6.08 Å². The quantitative estimate of drug-likeness (QED) is 0.528. The molecule has 0 N–H and O–H groups in total. The second-order valence-corrected chi connectivity index (χ2v) is 4.05. The van der Waals surface area contributed by atoms with E-state index in [0.717, 1.165) is 0 Å². The summed E-state index contributed by atoms with van der Waals surface area (Å²) in [6.07, 6.45) is 10.2. The van der Waals surface area contributed by atoms with E-state index in [4.69, 9.17) is 0 Å². The van der Waals surface area contributed by atoms with Gasteiger partial charge in [0.2, 0.25) is 0 Å². The fourth-order valence-electron chi connectivity index (χ4n) is 1.86. The first kappa shape index (κ1) is 8.49. The van der Waals surface area contributed by atoms with Gasteiger partial charge in [-0.25, -0.2) is 4.39 Å². The molecule has 0 amide bonds. The summed E-state index contributed by atoms with van der Waals surface area (Å²) in [5, 5.41) is 0. The summed E-state index contributed by atoms with van der Waals surface area (Å²) in [4.78, 5) is 0. The van der Waals surface area contributed by atoms with Crippen LogP contribution in [0.3, 0.4) is 0 Å². The Hall–Kier alpha value is -1.11. The topological polar surface area (TPSA) is 0 Å². The van der Waals surface area contributed by atoms with Crippen molar-refractivity contribution in [1.29, 1.82) is 0 Å². The molecule has 0 radical (unpaired) electrons. The Bertz CT molecular complexity index is 355. The van der Waals surface area contributed by atoms with Gasteiger partial charge < -0.3 is 0 Å². The van der Waals surface area contributed by atoms with Gasteiger partial charge >= 0.3 is 0 Å². The average molecular weight is 176 g/mol. The molecule has 0 saturated heterocycles. The molecule has 0 bridgehead atoms. The van der Waals surface area contributed by atoms with E-state index < -0.39 is 0 Å². The molecule has 0 spiro atoms. The minimum Gasteiger partial charge on any atom is -0.212 e. The van der Waals surface area contributed by atoms with Crippen molar-refractivity contribution in [3.8, 4) is 0 Å². The van der Waals surface area contributed by atoms with Crippen LogP contribution in [0.4, 0.5) is 4.39 Å². The molecule has 2 aliphatic carbocycles. The molecule has 13 heavy (non-hydrogen) atoms. The van der Waals surface area contributed by atoms with E-state index in [9.17, 15) is 4.39 Å². The smallest absolute Gasteiger partial charge is 0.101 e. The van der Waals surface area contributed by atoms with Gasteiger partial charge in [0, 0.05) is 11.8 Å². The standard InChI is InChI=1S/C12H13F/c1-9-5-6-12(2)8-11(13)4-3-10(12)7-9/h3-7H,8H2,1-2H3. The third-order valence-electron chi connectivity index (χ3n) is 2.74. The van der Waals surface area contributed by atoms with E-state index in [1.807, 2.05) is 6.08 Å². The zero-order valence-electron chi connectivity index (χ0n) is 7.97. The molecule has 2 aliphatic rings. The molecule has 0 aliphatic heterocycles. The molecule has 0 heterocycles. The lowest BCUT2D eigenvalue weighted by Crippen LogP contribution is -2.20. The summed E-state index contributed by atoms with van der Waals surface area (Å²) in [5.41, 5.74) is 2.34. The molecular formula is C12H13F. The Labute approximate surface area is 78.1 Å². The van der Waals surface area contributed by atoms with E-state index in [-0.39, 0.29) is 11.2 Å². The third-order valence-corrected chi connectivity index (χ3v) is 2.74. The highest BCUT2D eigenvalue weighted by atomic mass is 19.1. The van der Waals surface area contributed by atoms with Crippen LogP contribution in [0, 0.1) is 5.41 Å².